The molecular formula is C19H23NO6S. The standard InChI is InChI=1S/C19H23NO6S/c1-25-14-9-13(10-15(12-14)26-2)11-17-19(22)16-5-3-4-6-18(16)27(23,24)20(17)7-8-21/h3-6,9-10,12,17,19,21-22H,7-8,11H2,1-2H3/t17-,19-/m1/s1. The lowest BCUT2D eigenvalue weighted by Crippen LogP contribution is -2.50. The van der Waals surface area contributed by atoms with Crippen molar-refractivity contribution in [2.45, 2.75) is 23.5 Å². The highest BCUT2D eigenvalue weighted by atomic mass is 32.2. The fraction of sp³-hybridized carbons (Fsp3) is 0.368. The average Bonchev–Trinajstić information content (AvgIpc) is 2.68. The maximum absolute atomic E-state index is 13.0. The number of benzene rings is 2. The molecule has 0 aromatic heterocycles. The highest BCUT2D eigenvalue weighted by Gasteiger charge is 2.43. The second kappa shape index (κ2) is 7.85. The van der Waals surface area contributed by atoms with E-state index in [9.17, 15) is 18.6 Å². The van der Waals surface area contributed by atoms with Crippen molar-refractivity contribution in [1.29, 1.82) is 0 Å². The maximum Gasteiger partial charge on any atom is 0.243 e. The summed E-state index contributed by atoms with van der Waals surface area (Å²) < 4.78 is 37.8. The Hall–Kier alpha value is -2.13. The van der Waals surface area contributed by atoms with Gasteiger partial charge in [-0.3, -0.25) is 0 Å². The molecule has 0 fully saturated rings. The monoisotopic (exact) mass is 393 g/mol. The van der Waals surface area contributed by atoms with Gasteiger partial charge in [-0.15, -0.1) is 0 Å². The third-order valence-corrected chi connectivity index (χ3v) is 6.73. The third kappa shape index (κ3) is 3.66. The Balaban J connectivity index is 2.05. The SMILES string of the molecule is COc1cc(C[C@@H]2[C@H](O)c3ccccc3S(=O)(=O)N2CCO)cc(OC)c1. The summed E-state index contributed by atoms with van der Waals surface area (Å²) >= 11 is 0. The fourth-order valence-electron chi connectivity index (χ4n) is 3.45. The van der Waals surface area contributed by atoms with Crippen molar-refractivity contribution in [3.8, 4) is 11.5 Å². The van der Waals surface area contributed by atoms with E-state index in [-0.39, 0.29) is 24.5 Å². The maximum atomic E-state index is 13.0. The van der Waals surface area contributed by atoms with Crippen LogP contribution in [0.5, 0.6) is 11.5 Å². The second-order valence-electron chi connectivity index (χ2n) is 6.31. The molecule has 3 rings (SSSR count). The molecule has 2 N–H and O–H groups in total. The van der Waals surface area contributed by atoms with E-state index in [1.165, 1.54) is 24.6 Å². The summed E-state index contributed by atoms with van der Waals surface area (Å²) in [4.78, 5) is 0.0745. The van der Waals surface area contributed by atoms with Gasteiger partial charge in [-0.2, -0.15) is 4.31 Å². The van der Waals surface area contributed by atoms with E-state index in [1.54, 1.807) is 36.4 Å². The molecule has 1 heterocycles. The zero-order valence-corrected chi connectivity index (χ0v) is 16.0. The molecule has 1 aliphatic heterocycles. The van der Waals surface area contributed by atoms with Gasteiger partial charge < -0.3 is 19.7 Å². The molecule has 1 aliphatic rings. The van der Waals surface area contributed by atoms with Crippen molar-refractivity contribution >= 4 is 10.0 Å². The minimum absolute atomic E-state index is 0.0745. The van der Waals surface area contributed by atoms with Gasteiger partial charge in [-0.1, -0.05) is 18.2 Å². The van der Waals surface area contributed by atoms with Gasteiger partial charge in [0.2, 0.25) is 10.0 Å². The first-order chi connectivity index (χ1) is 12.9. The van der Waals surface area contributed by atoms with Crippen LogP contribution >= 0.6 is 0 Å². The number of fused-ring (bicyclic) bond motifs is 1. The van der Waals surface area contributed by atoms with Crippen LogP contribution in [0.15, 0.2) is 47.4 Å². The highest BCUT2D eigenvalue weighted by molar-refractivity contribution is 7.89. The normalized spacial score (nSPS) is 21.5. The lowest BCUT2D eigenvalue weighted by molar-refractivity contribution is 0.0724. The van der Waals surface area contributed by atoms with Gasteiger partial charge in [-0.25, -0.2) is 8.42 Å². The zero-order chi connectivity index (χ0) is 19.6. The summed E-state index contributed by atoms with van der Waals surface area (Å²) in [6.07, 6.45) is -0.782. The van der Waals surface area contributed by atoms with Crippen LogP contribution < -0.4 is 9.47 Å². The Morgan fingerprint density at radius 2 is 1.70 bits per heavy atom. The van der Waals surface area contributed by atoms with Crippen LogP contribution in [0.2, 0.25) is 0 Å². The molecule has 0 bridgehead atoms. The highest BCUT2D eigenvalue weighted by Crippen LogP contribution is 2.38. The number of rotatable bonds is 6. The molecule has 0 unspecified atom stereocenters. The first kappa shape index (κ1) is 19.6. The van der Waals surface area contributed by atoms with E-state index in [0.29, 0.717) is 17.1 Å². The Morgan fingerprint density at radius 3 is 2.30 bits per heavy atom. The first-order valence-electron chi connectivity index (χ1n) is 8.54. The molecular weight excluding hydrogens is 370 g/mol. The van der Waals surface area contributed by atoms with Crippen LogP contribution in [-0.4, -0.2) is 56.3 Å². The lowest BCUT2D eigenvalue weighted by Gasteiger charge is -2.39. The molecule has 0 spiro atoms. The van der Waals surface area contributed by atoms with E-state index < -0.39 is 22.2 Å². The number of sulfonamides is 1. The van der Waals surface area contributed by atoms with Crippen LogP contribution in [0.1, 0.15) is 17.2 Å². The summed E-state index contributed by atoms with van der Waals surface area (Å²) in [7, 11) is -0.759. The van der Waals surface area contributed by atoms with Gasteiger partial charge in [-0.05, 0) is 30.2 Å². The van der Waals surface area contributed by atoms with Crippen molar-refractivity contribution in [3.05, 3.63) is 53.6 Å². The molecule has 7 nitrogen and oxygen atoms in total. The van der Waals surface area contributed by atoms with Crippen molar-refractivity contribution in [1.82, 2.24) is 4.31 Å². The summed E-state index contributed by atoms with van der Waals surface area (Å²) in [6.45, 7) is -0.439. The van der Waals surface area contributed by atoms with E-state index in [4.69, 9.17) is 9.47 Å². The van der Waals surface area contributed by atoms with Gasteiger partial charge in [0.05, 0.1) is 37.9 Å². The van der Waals surface area contributed by atoms with Crippen LogP contribution in [0, 0.1) is 0 Å². The second-order valence-corrected chi connectivity index (χ2v) is 8.17. The van der Waals surface area contributed by atoms with Crippen LogP contribution in [0.25, 0.3) is 0 Å². The largest absolute Gasteiger partial charge is 0.497 e. The Labute approximate surface area is 158 Å². The summed E-state index contributed by atoms with van der Waals surface area (Å²) in [5.74, 6) is 1.15. The van der Waals surface area contributed by atoms with Crippen LogP contribution in [-0.2, 0) is 16.4 Å². The molecule has 0 radical (unpaired) electrons. The molecule has 2 aromatic rings. The first-order valence-corrected chi connectivity index (χ1v) is 9.98. The number of nitrogens with zero attached hydrogens (tertiary/aromatic N) is 1. The number of hydrogen-bond donors (Lipinski definition) is 2. The number of methoxy groups -OCH3 is 2. The molecule has 8 heteroatoms. The number of hydrogen-bond acceptors (Lipinski definition) is 6. The van der Waals surface area contributed by atoms with Gasteiger partial charge in [0.15, 0.2) is 0 Å². The molecule has 27 heavy (non-hydrogen) atoms. The van der Waals surface area contributed by atoms with E-state index >= 15 is 0 Å². The van der Waals surface area contributed by atoms with Crippen LogP contribution in [0.4, 0.5) is 0 Å². The quantitative estimate of drug-likeness (QED) is 0.769. The van der Waals surface area contributed by atoms with Crippen molar-refractivity contribution in [2.75, 3.05) is 27.4 Å². The molecule has 0 saturated carbocycles. The molecule has 2 atom stereocenters. The van der Waals surface area contributed by atoms with E-state index in [2.05, 4.69) is 0 Å². The number of aliphatic hydroxyl groups is 2. The lowest BCUT2D eigenvalue weighted by atomic mass is 9.95. The van der Waals surface area contributed by atoms with E-state index in [1.807, 2.05) is 0 Å². The predicted octanol–water partition coefficient (Wildman–Crippen LogP) is 1.35. The topological polar surface area (TPSA) is 96.3 Å². The Bertz CT molecular complexity index is 892. The smallest absolute Gasteiger partial charge is 0.243 e. The number of ether oxygens (including phenoxy) is 2. The van der Waals surface area contributed by atoms with Gasteiger partial charge in [0.25, 0.3) is 0 Å². The van der Waals surface area contributed by atoms with Crippen LogP contribution in [0.3, 0.4) is 0 Å². The minimum Gasteiger partial charge on any atom is -0.497 e. The Morgan fingerprint density at radius 1 is 1.07 bits per heavy atom. The third-order valence-electron chi connectivity index (χ3n) is 4.74. The predicted molar refractivity (Wildman–Crippen MR) is 99.4 cm³/mol. The molecule has 0 aliphatic carbocycles. The summed E-state index contributed by atoms with van der Waals surface area (Å²) in [6, 6.07) is 10.9. The Kier molecular flexibility index (Phi) is 5.71. The molecule has 0 saturated heterocycles. The molecule has 0 amide bonds. The molecule has 146 valence electrons. The van der Waals surface area contributed by atoms with Crippen molar-refractivity contribution < 1.29 is 28.1 Å². The van der Waals surface area contributed by atoms with Crippen molar-refractivity contribution in [3.63, 3.8) is 0 Å². The van der Waals surface area contributed by atoms with E-state index in [0.717, 1.165) is 5.56 Å². The fourth-order valence-corrected chi connectivity index (χ4v) is 5.31. The zero-order valence-electron chi connectivity index (χ0n) is 15.2. The van der Waals surface area contributed by atoms with Crippen molar-refractivity contribution in [2.24, 2.45) is 0 Å². The number of aliphatic hydroxyl groups excluding tert-OH is 2. The van der Waals surface area contributed by atoms with Gasteiger partial charge >= 0.3 is 0 Å². The molecule has 2 aromatic carbocycles. The minimum atomic E-state index is -3.83. The number of β-amino-alcohol motifs (C(OH)–C–C–N with tert-alkyl or cyclic N) is 1. The average molecular weight is 393 g/mol. The summed E-state index contributed by atoms with van der Waals surface area (Å²) in [5, 5.41) is 20.3. The van der Waals surface area contributed by atoms with Gasteiger partial charge in [0.1, 0.15) is 11.5 Å². The summed E-state index contributed by atoms with van der Waals surface area (Å²) in [5.41, 5.74) is 1.12. The van der Waals surface area contributed by atoms with Gasteiger partial charge in [0, 0.05) is 18.2 Å².